The number of pyridine rings is 1. The van der Waals surface area contributed by atoms with E-state index in [4.69, 9.17) is 4.42 Å². The molecule has 0 saturated carbocycles. The van der Waals surface area contributed by atoms with Gasteiger partial charge in [-0.3, -0.25) is 4.98 Å². The van der Waals surface area contributed by atoms with Crippen molar-refractivity contribution in [2.45, 2.75) is 19.8 Å². The van der Waals surface area contributed by atoms with E-state index in [0.717, 1.165) is 12.0 Å². The lowest BCUT2D eigenvalue weighted by molar-refractivity contribution is 0.124. The monoisotopic (exact) mass is 197 g/mol. The van der Waals surface area contributed by atoms with E-state index in [-0.39, 0.29) is 5.76 Å². The van der Waals surface area contributed by atoms with Crippen LogP contribution in [0.4, 0.5) is 8.78 Å². The zero-order chi connectivity index (χ0) is 10.1. The molecule has 0 fully saturated rings. The molecule has 0 spiro atoms. The predicted molar refractivity (Wildman–Crippen MR) is 48.3 cm³/mol. The highest BCUT2D eigenvalue weighted by molar-refractivity contribution is 5.79. The summed E-state index contributed by atoms with van der Waals surface area (Å²) in [6, 6.07) is 1.34. The molecule has 4 heteroatoms. The van der Waals surface area contributed by atoms with Gasteiger partial charge in [-0.25, -0.2) is 8.78 Å². The number of hydrogen-bond acceptors (Lipinski definition) is 2. The van der Waals surface area contributed by atoms with Crippen molar-refractivity contribution in [3.63, 3.8) is 0 Å². The molecule has 0 aliphatic carbocycles. The van der Waals surface area contributed by atoms with E-state index in [1.54, 1.807) is 6.20 Å². The molecule has 0 unspecified atom stereocenters. The van der Waals surface area contributed by atoms with Crippen LogP contribution >= 0.6 is 0 Å². The van der Waals surface area contributed by atoms with E-state index >= 15 is 0 Å². The molecule has 0 atom stereocenters. The predicted octanol–water partition coefficient (Wildman–Crippen LogP) is 3.33. The summed E-state index contributed by atoms with van der Waals surface area (Å²) in [6.45, 7) is 1.93. The van der Waals surface area contributed by atoms with Crippen LogP contribution < -0.4 is 0 Å². The number of rotatable bonds is 2. The Labute approximate surface area is 79.6 Å². The molecule has 0 saturated heterocycles. The van der Waals surface area contributed by atoms with Gasteiger partial charge in [0.15, 0.2) is 5.76 Å². The lowest BCUT2D eigenvalue weighted by Crippen LogP contribution is -1.82. The lowest BCUT2D eigenvalue weighted by atomic mass is 10.2. The Bertz CT molecular complexity index is 450. The standard InChI is InChI=1S/C10H9F2NO/c1-2-6-4-13-5-7-3-8(10(11)12)14-9(6)7/h3-5,10H,2H2,1H3. The van der Waals surface area contributed by atoms with Crippen molar-refractivity contribution < 1.29 is 13.2 Å². The minimum Gasteiger partial charge on any atom is -0.455 e. The Kier molecular flexibility index (Phi) is 2.19. The summed E-state index contributed by atoms with van der Waals surface area (Å²) in [6.07, 6.45) is 1.33. The molecule has 2 aromatic heterocycles. The van der Waals surface area contributed by atoms with Crippen molar-refractivity contribution in [1.29, 1.82) is 0 Å². The first kappa shape index (κ1) is 9.12. The van der Waals surface area contributed by atoms with E-state index in [2.05, 4.69) is 4.98 Å². The molecule has 0 amide bonds. The van der Waals surface area contributed by atoms with Gasteiger partial charge in [-0.2, -0.15) is 0 Å². The summed E-state index contributed by atoms with van der Waals surface area (Å²) in [5.74, 6) is -0.289. The molecular weight excluding hydrogens is 188 g/mol. The second kappa shape index (κ2) is 3.36. The molecule has 2 rings (SSSR count). The van der Waals surface area contributed by atoms with Crippen LogP contribution in [0.2, 0.25) is 0 Å². The second-order valence-corrected chi connectivity index (χ2v) is 3.02. The average Bonchev–Trinajstić information content (AvgIpc) is 2.60. The van der Waals surface area contributed by atoms with Crippen molar-refractivity contribution in [3.8, 4) is 0 Å². The fourth-order valence-corrected chi connectivity index (χ4v) is 1.40. The van der Waals surface area contributed by atoms with Crippen LogP contribution in [-0.4, -0.2) is 4.98 Å². The number of alkyl halides is 2. The number of aryl methyl sites for hydroxylation is 1. The van der Waals surface area contributed by atoms with E-state index in [1.165, 1.54) is 12.3 Å². The highest BCUT2D eigenvalue weighted by atomic mass is 19.3. The molecule has 0 radical (unpaired) electrons. The van der Waals surface area contributed by atoms with Crippen LogP contribution in [0.3, 0.4) is 0 Å². The van der Waals surface area contributed by atoms with Crippen LogP contribution in [0.15, 0.2) is 22.9 Å². The van der Waals surface area contributed by atoms with Gasteiger partial charge in [0.2, 0.25) is 0 Å². The molecule has 74 valence electrons. The zero-order valence-corrected chi connectivity index (χ0v) is 7.63. The maximum atomic E-state index is 12.3. The molecule has 2 nitrogen and oxygen atoms in total. The second-order valence-electron chi connectivity index (χ2n) is 3.02. The maximum absolute atomic E-state index is 12.3. The SMILES string of the molecule is CCc1cncc2cc(C(F)F)oc12. The molecule has 0 N–H and O–H groups in total. The summed E-state index contributed by atoms with van der Waals surface area (Å²) in [5.41, 5.74) is 1.38. The van der Waals surface area contributed by atoms with Crippen molar-refractivity contribution in [1.82, 2.24) is 4.98 Å². The highest BCUT2D eigenvalue weighted by Gasteiger charge is 2.14. The van der Waals surface area contributed by atoms with Gasteiger partial charge in [0.25, 0.3) is 6.43 Å². The van der Waals surface area contributed by atoms with Crippen LogP contribution in [-0.2, 0) is 6.42 Å². The fourth-order valence-electron chi connectivity index (χ4n) is 1.40. The van der Waals surface area contributed by atoms with Crippen molar-refractivity contribution in [2.75, 3.05) is 0 Å². The molecule has 2 aromatic rings. The van der Waals surface area contributed by atoms with Gasteiger partial charge in [-0.1, -0.05) is 6.92 Å². The largest absolute Gasteiger partial charge is 0.455 e. The van der Waals surface area contributed by atoms with Crippen LogP contribution in [0.1, 0.15) is 24.7 Å². The van der Waals surface area contributed by atoms with Crippen LogP contribution in [0.25, 0.3) is 11.0 Å². The summed E-state index contributed by atoms with van der Waals surface area (Å²) < 4.78 is 29.7. The third-order valence-electron chi connectivity index (χ3n) is 2.11. The molecule has 0 aromatic carbocycles. The Morgan fingerprint density at radius 1 is 1.43 bits per heavy atom. The molecule has 0 aliphatic rings. The molecule has 14 heavy (non-hydrogen) atoms. The first-order valence-electron chi connectivity index (χ1n) is 4.37. The molecular formula is C10H9F2NO. The first-order chi connectivity index (χ1) is 6.72. The Hall–Kier alpha value is -1.45. The van der Waals surface area contributed by atoms with E-state index in [9.17, 15) is 8.78 Å². The normalized spacial score (nSPS) is 11.4. The van der Waals surface area contributed by atoms with Crippen molar-refractivity contribution in [3.05, 3.63) is 29.8 Å². The summed E-state index contributed by atoms with van der Waals surface area (Å²) in [4.78, 5) is 3.95. The summed E-state index contributed by atoms with van der Waals surface area (Å²) >= 11 is 0. The minimum atomic E-state index is -2.56. The van der Waals surface area contributed by atoms with Crippen molar-refractivity contribution >= 4 is 11.0 Å². The van der Waals surface area contributed by atoms with Crippen LogP contribution in [0, 0.1) is 0 Å². The summed E-state index contributed by atoms with van der Waals surface area (Å²) in [5, 5.41) is 0.639. The lowest BCUT2D eigenvalue weighted by Gasteiger charge is -1.95. The quantitative estimate of drug-likeness (QED) is 0.738. The Morgan fingerprint density at radius 3 is 2.86 bits per heavy atom. The topological polar surface area (TPSA) is 26.0 Å². The Balaban J connectivity index is 2.64. The summed E-state index contributed by atoms with van der Waals surface area (Å²) in [7, 11) is 0. The van der Waals surface area contributed by atoms with Crippen LogP contribution in [0.5, 0.6) is 0 Å². The number of halogens is 2. The van der Waals surface area contributed by atoms with Gasteiger partial charge in [-0.05, 0) is 12.5 Å². The van der Waals surface area contributed by atoms with E-state index < -0.39 is 6.43 Å². The number of aromatic nitrogens is 1. The minimum absolute atomic E-state index is 0.289. The number of nitrogens with zero attached hydrogens (tertiary/aromatic N) is 1. The van der Waals surface area contributed by atoms with Crippen molar-refractivity contribution in [2.24, 2.45) is 0 Å². The zero-order valence-electron chi connectivity index (χ0n) is 7.63. The van der Waals surface area contributed by atoms with Gasteiger partial charge < -0.3 is 4.42 Å². The molecule has 0 bridgehead atoms. The maximum Gasteiger partial charge on any atom is 0.295 e. The average molecular weight is 197 g/mol. The highest BCUT2D eigenvalue weighted by Crippen LogP contribution is 2.28. The van der Waals surface area contributed by atoms with E-state index in [1.807, 2.05) is 6.92 Å². The third kappa shape index (κ3) is 1.36. The molecule has 0 aliphatic heterocycles. The molecule has 2 heterocycles. The number of hydrogen-bond donors (Lipinski definition) is 0. The smallest absolute Gasteiger partial charge is 0.295 e. The number of furan rings is 1. The van der Waals surface area contributed by atoms with E-state index in [0.29, 0.717) is 11.0 Å². The number of fused-ring (bicyclic) bond motifs is 1. The fraction of sp³-hybridized carbons (Fsp3) is 0.300. The van der Waals surface area contributed by atoms with Gasteiger partial charge in [0, 0.05) is 23.3 Å². The first-order valence-corrected chi connectivity index (χ1v) is 4.37. The van der Waals surface area contributed by atoms with Gasteiger partial charge in [0.05, 0.1) is 0 Å². The third-order valence-corrected chi connectivity index (χ3v) is 2.11. The van der Waals surface area contributed by atoms with Gasteiger partial charge in [-0.15, -0.1) is 0 Å². The van der Waals surface area contributed by atoms with Gasteiger partial charge >= 0.3 is 0 Å². The van der Waals surface area contributed by atoms with Gasteiger partial charge in [0.1, 0.15) is 5.58 Å². The Morgan fingerprint density at radius 2 is 2.21 bits per heavy atom.